The van der Waals surface area contributed by atoms with E-state index in [4.69, 9.17) is 4.99 Å². The van der Waals surface area contributed by atoms with Gasteiger partial charge in [-0.15, -0.1) is 10.2 Å². The van der Waals surface area contributed by atoms with Crippen LogP contribution in [0.5, 0.6) is 0 Å². The molecule has 0 saturated heterocycles. The number of amidine groups is 1. The lowest BCUT2D eigenvalue weighted by Gasteiger charge is -2.23. The second-order valence-electron chi connectivity index (χ2n) is 8.74. The van der Waals surface area contributed by atoms with E-state index in [1.54, 1.807) is 0 Å². The molecule has 5 rings (SSSR count). The third-order valence-corrected chi connectivity index (χ3v) is 6.60. The normalized spacial score (nSPS) is 17.3. The molecule has 1 amide bonds. The number of amides is 1. The number of hydrogen-bond acceptors (Lipinski definition) is 5. The molecule has 32 heavy (non-hydrogen) atoms. The maximum Gasteiger partial charge on any atom is 0.256 e. The number of aromatic amines is 1. The van der Waals surface area contributed by atoms with E-state index in [2.05, 4.69) is 57.9 Å². The Morgan fingerprint density at radius 1 is 1.03 bits per heavy atom. The number of unbranched alkanes of at least 4 members (excludes halogenated alkanes) is 1. The largest absolute Gasteiger partial charge is 0.294 e. The van der Waals surface area contributed by atoms with E-state index in [0.717, 1.165) is 73.0 Å². The average Bonchev–Trinajstić information content (AvgIpc) is 3.58. The summed E-state index contributed by atoms with van der Waals surface area (Å²) in [5.74, 6) is 1.75. The number of aromatic nitrogens is 4. The minimum absolute atomic E-state index is 0.202. The summed E-state index contributed by atoms with van der Waals surface area (Å²) in [6.07, 6.45) is 7.01. The van der Waals surface area contributed by atoms with Crippen LogP contribution in [0.1, 0.15) is 57.4 Å². The molecule has 0 bridgehead atoms. The SMILES string of the molecule is CCCCC1=NC2(CCCC2)C(=O)N1Cc1ccc(-c2ccccc2-[11c]2nn[nH]n2)cc1. The van der Waals surface area contributed by atoms with Crippen LogP contribution in [0, 0.1) is 0 Å². The molecule has 1 aromatic heterocycles. The number of hydrogen-bond donors (Lipinski definition) is 1. The van der Waals surface area contributed by atoms with E-state index in [1.807, 2.05) is 23.1 Å². The van der Waals surface area contributed by atoms with Gasteiger partial charge in [0.1, 0.15) is 11.4 Å². The van der Waals surface area contributed by atoms with Crippen LogP contribution in [0.15, 0.2) is 53.5 Å². The van der Waals surface area contributed by atoms with Crippen LogP contribution in [-0.2, 0) is 11.3 Å². The molecule has 0 atom stereocenters. The molecule has 1 fully saturated rings. The summed E-state index contributed by atoms with van der Waals surface area (Å²) in [5.41, 5.74) is 3.69. The fraction of sp³-hybridized carbons (Fsp3) is 0.400. The van der Waals surface area contributed by atoms with Gasteiger partial charge >= 0.3 is 0 Å². The highest BCUT2D eigenvalue weighted by Gasteiger charge is 2.49. The molecule has 1 aliphatic carbocycles. The molecule has 7 nitrogen and oxygen atoms in total. The quantitative estimate of drug-likeness (QED) is 0.588. The predicted molar refractivity (Wildman–Crippen MR) is 124 cm³/mol. The molecule has 1 saturated carbocycles. The molecule has 0 unspecified atom stereocenters. The van der Waals surface area contributed by atoms with Gasteiger partial charge in [0.25, 0.3) is 5.91 Å². The van der Waals surface area contributed by atoms with Crippen molar-refractivity contribution in [1.82, 2.24) is 25.5 Å². The minimum Gasteiger partial charge on any atom is -0.294 e. The lowest BCUT2D eigenvalue weighted by atomic mass is 9.83. The van der Waals surface area contributed by atoms with Crippen LogP contribution in [0.4, 0.5) is 0 Å². The van der Waals surface area contributed by atoms with E-state index >= 15 is 0 Å². The van der Waals surface area contributed by atoms with Crippen LogP contribution in [0.2, 0.25) is 0 Å². The first-order chi connectivity index (χ1) is 15.7. The van der Waals surface area contributed by atoms with E-state index in [1.165, 1.54) is 0 Å². The van der Waals surface area contributed by atoms with Crippen molar-refractivity contribution >= 4 is 11.7 Å². The summed E-state index contributed by atoms with van der Waals surface area (Å²) in [6, 6.07) is 16.4. The van der Waals surface area contributed by atoms with Crippen molar-refractivity contribution in [2.45, 2.75) is 64.0 Å². The molecule has 2 aliphatic rings. The van der Waals surface area contributed by atoms with Gasteiger partial charge in [-0.3, -0.25) is 14.7 Å². The molecule has 164 valence electrons. The minimum atomic E-state index is -0.480. The second-order valence-corrected chi connectivity index (χ2v) is 8.74. The predicted octanol–water partition coefficient (Wildman–Crippen LogP) is 4.78. The van der Waals surface area contributed by atoms with Crippen molar-refractivity contribution < 1.29 is 4.79 Å². The molecular formula is C25H28N6O. The highest BCUT2D eigenvalue weighted by atomic mass is 16.2. The standard InChI is InChI=1S/C25H28N6O/c1-2-3-10-22-26-25(15-6-7-16-25)24(32)31(22)17-18-11-13-19(14-12-18)20-8-4-5-9-21(20)23-27-29-30-28-23/h4-5,8-9,11-14H,2-3,6-7,10,15-17H2,1H3,(H,27,28,29,30)/i23-1. The summed E-state index contributed by atoms with van der Waals surface area (Å²) in [5, 5.41) is 14.5. The van der Waals surface area contributed by atoms with Crippen LogP contribution >= 0.6 is 0 Å². The van der Waals surface area contributed by atoms with Gasteiger partial charge in [-0.1, -0.05) is 74.7 Å². The van der Waals surface area contributed by atoms with Crippen LogP contribution in [0.25, 0.3) is 22.5 Å². The van der Waals surface area contributed by atoms with Gasteiger partial charge in [0.2, 0.25) is 5.82 Å². The molecule has 1 N–H and O–H groups in total. The van der Waals surface area contributed by atoms with Crippen LogP contribution < -0.4 is 0 Å². The Morgan fingerprint density at radius 3 is 2.47 bits per heavy atom. The third-order valence-electron chi connectivity index (χ3n) is 6.60. The Labute approximate surface area is 188 Å². The molecule has 7 heteroatoms. The van der Waals surface area contributed by atoms with Crippen molar-refractivity contribution in [1.29, 1.82) is 0 Å². The highest BCUT2D eigenvalue weighted by molar-refractivity contribution is 6.08. The molecule has 2 heterocycles. The summed E-state index contributed by atoms with van der Waals surface area (Å²) in [7, 11) is 0. The molecular weight excluding hydrogens is 399 g/mol. The number of carbonyl (C=O) groups is 1. The Morgan fingerprint density at radius 2 is 1.78 bits per heavy atom. The van der Waals surface area contributed by atoms with Gasteiger partial charge in [0, 0.05) is 12.0 Å². The van der Waals surface area contributed by atoms with Crippen molar-refractivity contribution in [3.05, 3.63) is 54.1 Å². The van der Waals surface area contributed by atoms with E-state index in [-0.39, 0.29) is 5.91 Å². The van der Waals surface area contributed by atoms with Gasteiger partial charge < -0.3 is 0 Å². The van der Waals surface area contributed by atoms with Gasteiger partial charge in [-0.05, 0) is 41.2 Å². The van der Waals surface area contributed by atoms with E-state index in [9.17, 15) is 4.79 Å². The Hall–Kier alpha value is -3.35. The van der Waals surface area contributed by atoms with E-state index < -0.39 is 5.54 Å². The smallest absolute Gasteiger partial charge is 0.256 e. The summed E-state index contributed by atoms with van der Waals surface area (Å²) < 4.78 is 0. The number of tetrazole rings is 1. The van der Waals surface area contributed by atoms with Crippen LogP contribution in [0.3, 0.4) is 0 Å². The third kappa shape index (κ3) is 3.72. The number of nitrogens with zero attached hydrogens (tertiary/aromatic N) is 5. The zero-order chi connectivity index (χ0) is 22.0. The van der Waals surface area contributed by atoms with Gasteiger partial charge in [-0.25, -0.2) is 0 Å². The molecule has 1 spiro atoms. The van der Waals surface area contributed by atoms with Crippen molar-refractivity contribution in [2.75, 3.05) is 0 Å². The first kappa shape index (κ1) is 20.5. The van der Waals surface area contributed by atoms with Gasteiger partial charge in [-0.2, -0.15) is 5.21 Å². The Kier molecular flexibility index (Phi) is 5.55. The summed E-state index contributed by atoms with van der Waals surface area (Å²) >= 11 is 0. The van der Waals surface area contributed by atoms with Crippen molar-refractivity contribution in [3.63, 3.8) is 0 Å². The topological polar surface area (TPSA) is 87.1 Å². The number of rotatable bonds is 7. The fourth-order valence-electron chi connectivity index (χ4n) is 4.88. The number of benzene rings is 2. The first-order valence-corrected chi connectivity index (χ1v) is 11.5. The molecule has 2 aromatic carbocycles. The van der Waals surface area contributed by atoms with Crippen molar-refractivity contribution in [2.24, 2.45) is 4.99 Å². The highest BCUT2D eigenvalue weighted by Crippen LogP contribution is 2.40. The maximum absolute atomic E-state index is 13.4. The van der Waals surface area contributed by atoms with E-state index in [0.29, 0.717) is 12.4 Å². The lowest BCUT2D eigenvalue weighted by Crippen LogP contribution is -2.40. The monoisotopic (exact) mass is 427 g/mol. The lowest BCUT2D eigenvalue weighted by molar-refractivity contribution is -0.131. The zero-order valence-corrected chi connectivity index (χ0v) is 18.4. The zero-order valence-electron chi connectivity index (χ0n) is 18.4. The van der Waals surface area contributed by atoms with Crippen LogP contribution in [-0.4, -0.2) is 42.8 Å². The molecule has 0 radical (unpaired) electrons. The molecule has 1 aliphatic heterocycles. The number of aliphatic imine (C=N–C) groups is 1. The number of H-pyrrole nitrogens is 1. The molecule has 3 aromatic rings. The average molecular weight is 428 g/mol. The van der Waals surface area contributed by atoms with Gasteiger partial charge in [0.15, 0.2) is 0 Å². The Bertz CT molecular complexity index is 1110. The fourth-order valence-corrected chi connectivity index (χ4v) is 4.88. The summed E-state index contributed by atoms with van der Waals surface area (Å²) in [4.78, 5) is 20.3. The van der Waals surface area contributed by atoms with Crippen molar-refractivity contribution in [3.8, 4) is 22.5 Å². The second kappa shape index (κ2) is 8.65. The first-order valence-electron chi connectivity index (χ1n) is 11.5. The number of carbonyl (C=O) groups excluding carboxylic acids is 1. The maximum atomic E-state index is 13.4. The number of nitrogens with one attached hydrogen (secondary N) is 1. The Balaban J connectivity index is 1.38. The van der Waals surface area contributed by atoms with Gasteiger partial charge in [0.05, 0.1) is 6.54 Å². The summed E-state index contributed by atoms with van der Waals surface area (Å²) in [6.45, 7) is 2.76.